The minimum atomic E-state index is 0.923. The first-order valence-electron chi connectivity index (χ1n) is 14.8. The van der Waals surface area contributed by atoms with Gasteiger partial charge in [0.2, 0.25) is 0 Å². The highest BCUT2D eigenvalue weighted by Gasteiger charge is 2.16. The summed E-state index contributed by atoms with van der Waals surface area (Å²) in [7, 11) is 0. The Morgan fingerprint density at radius 3 is 1.42 bits per heavy atom. The molecule has 0 aliphatic rings. The van der Waals surface area contributed by atoms with Crippen LogP contribution in [0.1, 0.15) is 0 Å². The van der Waals surface area contributed by atoms with Crippen LogP contribution in [0, 0.1) is 0 Å². The smallest absolute Gasteiger partial charge is 0.136 e. The van der Waals surface area contributed by atoms with Gasteiger partial charge in [-0.3, -0.25) is 0 Å². The molecule has 0 saturated carbocycles. The topological polar surface area (TPSA) is 13.1 Å². The van der Waals surface area contributed by atoms with Gasteiger partial charge in [-0.15, -0.1) is 0 Å². The van der Waals surface area contributed by atoms with Crippen molar-refractivity contribution in [3.8, 4) is 33.4 Å². The van der Waals surface area contributed by atoms with E-state index in [1.165, 1.54) is 60.1 Å². The highest BCUT2D eigenvalue weighted by atomic mass is 16.3. The van der Waals surface area contributed by atoms with Crippen LogP contribution >= 0.6 is 0 Å². The van der Waals surface area contributed by atoms with E-state index in [4.69, 9.17) is 4.42 Å². The minimum absolute atomic E-state index is 0.923. The molecule has 200 valence electrons. The van der Waals surface area contributed by atoms with Crippen molar-refractivity contribution in [1.29, 1.82) is 0 Å². The fraction of sp³-hybridized carbons (Fsp3) is 0. The molecule has 43 heavy (non-hydrogen) atoms. The number of rotatable bonds is 3. The maximum atomic E-state index is 6.17. The normalized spacial score (nSPS) is 11.7. The Morgan fingerprint density at radius 2 is 0.744 bits per heavy atom. The van der Waals surface area contributed by atoms with Crippen LogP contribution in [-0.2, 0) is 0 Å². The van der Waals surface area contributed by atoms with Gasteiger partial charge < -0.3 is 4.42 Å². The van der Waals surface area contributed by atoms with E-state index < -0.39 is 0 Å². The Kier molecular flexibility index (Phi) is 5.27. The van der Waals surface area contributed by atoms with Crippen LogP contribution in [0.4, 0.5) is 0 Å². The molecule has 0 atom stereocenters. The van der Waals surface area contributed by atoms with Crippen molar-refractivity contribution in [2.45, 2.75) is 0 Å². The average Bonchev–Trinajstić information content (AvgIpc) is 3.45. The second-order valence-electron chi connectivity index (χ2n) is 11.3. The third-order valence-electron chi connectivity index (χ3n) is 8.83. The third-order valence-corrected chi connectivity index (χ3v) is 8.83. The molecule has 9 aromatic rings. The van der Waals surface area contributed by atoms with Crippen molar-refractivity contribution < 1.29 is 4.42 Å². The highest BCUT2D eigenvalue weighted by molar-refractivity contribution is 6.21. The molecule has 0 aliphatic heterocycles. The van der Waals surface area contributed by atoms with Crippen molar-refractivity contribution in [1.82, 2.24) is 0 Å². The van der Waals surface area contributed by atoms with E-state index >= 15 is 0 Å². The summed E-state index contributed by atoms with van der Waals surface area (Å²) in [5, 5.41) is 9.87. The number of fused-ring (bicyclic) bond motifs is 6. The van der Waals surface area contributed by atoms with Crippen LogP contribution in [0.25, 0.3) is 87.6 Å². The summed E-state index contributed by atoms with van der Waals surface area (Å²) in [5.74, 6) is 0. The number of hydrogen-bond acceptors (Lipinski definition) is 1. The predicted molar refractivity (Wildman–Crippen MR) is 183 cm³/mol. The monoisotopic (exact) mass is 546 g/mol. The van der Waals surface area contributed by atoms with E-state index in [9.17, 15) is 0 Å². The van der Waals surface area contributed by atoms with Gasteiger partial charge in [0, 0.05) is 10.8 Å². The Balaban J connectivity index is 1.21. The van der Waals surface area contributed by atoms with Gasteiger partial charge in [-0.25, -0.2) is 0 Å². The summed E-state index contributed by atoms with van der Waals surface area (Å²) in [6, 6.07) is 56.9. The van der Waals surface area contributed by atoms with E-state index in [2.05, 4.69) is 146 Å². The fourth-order valence-corrected chi connectivity index (χ4v) is 6.84. The molecule has 0 spiro atoms. The SMILES string of the molecule is c1ccc(-c2c3ccccc3c(-c3ccc4cc(-c5ccc6c(c5)oc5ccccc56)ccc4c3)c3ccccc23)cc1. The lowest BCUT2D eigenvalue weighted by atomic mass is 9.85. The van der Waals surface area contributed by atoms with Crippen LogP contribution in [-0.4, -0.2) is 0 Å². The van der Waals surface area contributed by atoms with Crippen LogP contribution in [0.5, 0.6) is 0 Å². The second-order valence-corrected chi connectivity index (χ2v) is 11.3. The first-order valence-corrected chi connectivity index (χ1v) is 14.8. The first-order chi connectivity index (χ1) is 21.3. The third kappa shape index (κ3) is 3.79. The van der Waals surface area contributed by atoms with E-state index in [-0.39, 0.29) is 0 Å². The summed E-state index contributed by atoms with van der Waals surface area (Å²) < 4.78 is 6.17. The van der Waals surface area contributed by atoms with E-state index in [0.29, 0.717) is 0 Å². The summed E-state index contributed by atoms with van der Waals surface area (Å²) in [6.07, 6.45) is 0. The maximum absolute atomic E-state index is 6.17. The lowest BCUT2D eigenvalue weighted by molar-refractivity contribution is 0.669. The Morgan fingerprint density at radius 1 is 0.279 bits per heavy atom. The lowest BCUT2D eigenvalue weighted by Crippen LogP contribution is -1.90. The molecular formula is C42H26O. The highest BCUT2D eigenvalue weighted by Crippen LogP contribution is 2.44. The maximum Gasteiger partial charge on any atom is 0.136 e. The number of benzene rings is 8. The molecule has 1 heterocycles. The van der Waals surface area contributed by atoms with Gasteiger partial charge in [-0.2, -0.15) is 0 Å². The Hall–Kier alpha value is -5.66. The van der Waals surface area contributed by atoms with E-state index in [0.717, 1.165) is 27.5 Å². The van der Waals surface area contributed by atoms with Gasteiger partial charge in [-0.05, 0) is 96.0 Å². The quantitative estimate of drug-likeness (QED) is 0.201. The van der Waals surface area contributed by atoms with Crippen molar-refractivity contribution >= 4 is 54.3 Å². The molecule has 0 amide bonds. The summed E-state index contributed by atoms with van der Waals surface area (Å²) in [6.45, 7) is 0. The Bertz CT molecular complexity index is 2440. The van der Waals surface area contributed by atoms with Gasteiger partial charge in [-0.1, -0.05) is 127 Å². The van der Waals surface area contributed by atoms with Crippen molar-refractivity contribution in [3.63, 3.8) is 0 Å². The molecule has 0 unspecified atom stereocenters. The predicted octanol–water partition coefficient (Wildman–Crippen LogP) is 12.0. The van der Waals surface area contributed by atoms with Gasteiger partial charge >= 0.3 is 0 Å². The molecule has 0 fully saturated rings. The van der Waals surface area contributed by atoms with Gasteiger partial charge in [0.25, 0.3) is 0 Å². The van der Waals surface area contributed by atoms with Crippen LogP contribution in [0.3, 0.4) is 0 Å². The zero-order valence-corrected chi connectivity index (χ0v) is 23.4. The molecule has 0 saturated heterocycles. The van der Waals surface area contributed by atoms with E-state index in [1.807, 2.05) is 12.1 Å². The Labute approximate surface area is 249 Å². The largest absolute Gasteiger partial charge is 0.456 e. The molecule has 0 N–H and O–H groups in total. The molecule has 1 aromatic heterocycles. The van der Waals surface area contributed by atoms with Crippen molar-refractivity contribution in [2.75, 3.05) is 0 Å². The zero-order chi connectivity index (χ0) is 28.3. The van der Waals surface area contributed by atoms with Crippen molar-refractivity contribution in [3.05, 3.63) is 158 Å². The van der Waals surface area contributed by atoms with Crippen LogP contribution < -0.4 is 0 Å². The summed E-state index contributed by atoms with van der Waals surface area (Å²) in [5.41, 5.74) is 9.25. The van der Waals surface area contributed by atoms with E-state index in [1.54, 1.807) is 0 Å². The molecule has 9 rings (SSSR count). The van der Waals surface area contributed by atoms with Crippen LogP contribution in [0.15, 0.2) is 162 Å². The minimum Gasteiger partial charge on any atom is -0.456 e. The molecule has 0 aliphatic carbocycles. The molecule has 0 radical (unpaired) electrons. The molecule has 0 bridgehead atoms. The standard InChI is InChI=1S/C42H26O/c1-2-10-27(11-3-1)41-35-13-4-6-15-37(35)42(38-16-7-5-14-36(38)41)32-21-20-28-24-29(18-19-30(28)25-32)31-22-23-34-33-12-8-9-17-39(33)43-40(34)26-31/h1-26H. The van der Waals surface area contributed by atoms with Gasteiger partial charge in [0.1, 0.15) is 11.2 Å². The van der Waals surface area contributed by atoms with Gasteiger partial charge in [0.05, 0.1) is 0 Å². The molecule has 1 heteroatoms. The fourth-order valence-electron chi connectivity index (χ4n) is 6.84. The first kappa shape index (κ1) is 24.0. The molecule has 1 nitrogen and oxygen atoms in total. The number of furan rings is 1. The summed E-state index contributed by atoms with van der Waals surface area (Å²) in [4.78, 5) is 0. The summed E-state index contributed by atoms with van der Waals surface area (Å²) >= 11 is 0. The number of hydrogen-bond donors (Lipinski definition) is 0. The van der Waals surface area contributed by atoms with Gasteiger partial charge in [0.15, 0.2) is 0 Å². The molecular weight excluding hydrogens is 520 g/mol. The van der Waals surface area contributed by atoms with Crippen LogP contribution in [0.2, 0.25) is 0 Å². The second kappa shape index (κ2) is 9.44. The number of para-hydroxylation sites is 1. The lowest BCUT2D eigenvalue weighted by Gasteiger charge is -2.18. The average molecular weight is 547 g/mol. The molecule has 8 aromatic carbocycles. The van der Waals surface area contributed by atoms with Crippen molar-refractivity contribution in [2.24, 2.45) is 0 Å². The zero-order valence-electron chi connectivity index (χ0n) is 23.4.